The molecule has 6 atom stereocenters. The minimum absolute atomic E-state index is 0.00863. The highest BCUT2D eigenvalue weighted by molar-refractivity contribution is 5.91. The molecule has 0 aliphatic heterocycles. The number of rotatable bonds is 4. The molecule has 0 saturated heterocycles. The van der Waals surface area contributed by atoms with Gasteiger partial charge in [-0.1, -0.05) is 33.3 Å². The van der Waals surface area contributed by atoms with Crippen LogP contribution in [0, 0.1) is 34.5 Å². The zero-order chi connectivity index (χ0) is 20.1. The summed E-state index contributed by atoms with van der Waals surface area (Å²) in [7, 11) is 0. The molecule has 0 aromatic heterocycles. The zero-order valence-electron chi connectivity index (χ0n) is 18.3. The lowest BCUT2D eigenvalue weighted by atomic mass is 9.47. The minimum Gasteiger partial charge on any atom is -0.462 e. The van der Waals surface area contributed by atoms with Gasteiger partial charge < -0.3 is 4.74 Å². The molecule has 0 aromatic rings. The van der Waals surface area contributed by atoms with Gasteiger partial charge in [-0.3, -0.25) is 9.59 Å². The van der Waals surface area contributed by atoms with Crippen molar-refractivity contribution in [3.05, 3.63) is 11.6 Å². The van der Waals surface area contributed by atoms with Crippen LogP contribution in [-0.2, 0) is 14.3 Å². The molecular formula is C25H38O3. The van der Waals surface area contributed by atoms with Crippen LogP contribution >= 0.6 is 0 Å². The number of hydrogen-bond donors (Lipinski definition) is 0. The number of hydrogen-bond acceptors (Lipinski definition) is 3. The molecule has 156 valence electrons. The summed E-state index contributed by atoms with van der Waals surface area (Å²) in [6.45, 7) is 9.15. The Bertz CT molecular complexity index is 677. The Morgan fingerprint density at radius 2 is 1.89 bits per heavy atom. The van der Waals surface area contributed by atoms with Crippen molar-refractivity contribution in [2.75, 3.05) is 0 Å². The highest BCUT2D eigenvalue weighted by atomic mass is 16.5. The van der Waals surface area contributed by atoms with Gasteiger partial charge in [-0.25, -0.2) is 0 Å². The number of fused-ring (bicyclic) bond motifs is 5. The summed E-state index contributed by atoms with van der Waals surface area (Å²) in [5.74, 6) is 2.99. The fourth-order valence-electron chi connectivity index (χ4n) is 7.33. The molecule has 0 aromatic carbocycles. The lowest BCUT2D eigenvalue weighted by molar-refractivity contribution is -0.160. The Labute approximate surface area is 170 Å². The standard InChI is InChI=1S/C25H38O3/c1-16(2)5-10-23(27)28-22-9-8-20-19-7-6-17-15-18(26)11-13-24(17,3)21(19)12-14-25(20,22)4/h15-16,19-22H,5-14H2,1-4H3/t19-,20-,21+,22+,24-,25-/m0/s1. The highest BCUT2D eigenvalue weighted by Crippen LogP contribution is 2.65. The number of ketones is 1. The minimum atomic E-state index is 0.00863. The average Bonchev–Trinajstić information content (AvgIpc) is 2.97. The molecule has 3 nitrogen and oxygen atoms in total. The van der Waals surface area contributed by atoms with Crippen molar-refractivity contribution in [3.8, 4) is 0 Å². The first kappa shape index (κ1) is 20.2. The fraction of sp³-hybridized carbons (Fsp3) is 0.840. The van der Waals surface area contributed by atoms with Gasteiger partial charge in [0.15, 0.2) is 5.78 Å². The summed E-state index contributed by atoms with van der Waals surface area (Å²) < 4.78 is 6.06. The van der Waals surface area contributed by atoms with Crippen LogP contribution in [0.2, 0.25) is 0 Å². The molecule has 0 heterocycles. The molecule has 0 N–H and O–H groups in total. The van der Waals surface area contributed by atoms with Crippen LogP contribution in [-0.4, -0.2) is 17.9 Å². The molecule has 4 rings (SSSR count). The lowest BCUT2D eigenvalue weighted by Crippen LogP contribution is -2.51. The van der Waals surface area contributed by atoms with Crippen LogP contribution < -0.4 is 0 Å². The number of esters is 1. The maximum atomic E-state index is 12.4. The van der Waals surface area contributed by atoms with E-state index in [4.69, 9.17) is 4.74 Å². The van der Waals surface area contributed by atoms with E-state index in [-0.39, 0.29) is 22.9 Å². The number of ether oxygens (including phenoxy) is 1. The molecule has 3 fully saturated rings. The van der Waals surface area contributed by atoms with Crippen molar-refractivity contribution >= 4 is 11.8 Å². The van der Waals surface area contributed by atoms with E-state index in [1.165, 1.54) is 24.8 Å². The van der Waals surface area contributed by atoms with Gasteiger partial charge in [-0.05, 0) is 86.5 Å². The summed E-state index contributed by atoms with van der Waals surface area (Å²) in [6.07, 6.45) is 12.3. The Balaban J connectivity index is 1.49. The van der Waals surface area contributed by atoms with E-state index in [1.54, 1.807) is 0 Å². The van der Waals surface area contributed by atoms with Crippen LogP contribution in [0.1, 0.15) is 91.9 Å². The number of allylic oxidation sites excluding steroid dienone is 1. The maximum Gasteiger partial charge on any atom is 0.306 e. The first-order valence-electron chi connectivity index (χ1n) is 11.7. The van der Waals surface area contributed by atoms with E-state index in [0.717, 1.165) is 44.4 Å². The summed E-state index contributed by atoms with van der Waals surface area (Å²) in [5, 5.41) is 0. The number of carbonyl (C=O) groups is 2. The average molecular weight is 387 g/mol. The van der Waals surface area contributed by atoms with Crippen LogP contribution in [0.3, 0.4) is 0 Å². The molecule has 0 spiro atoms. The van der Waals surface area contributed by atoms with Crippen LogP contribution in [0.25, 0.3) is 0 Å². The van der Waals surface area contributed by atoms with Gasteiger partial charge in [0.25, 0.3) is 0 Å². The Kier molecular flexibility index (Phi) is 5.25. The van der Waals surface area contributed by atoms with Crippen LogP contribution in [0.4, 0.5) is 0 Å². The van der Waals surface area contributed by atoms with Gasteiger partial charge in [-0.15, -0.1) is 0 Å². The smallest absolute Gasteiger partial charge is 0.306 e. The van der Waals surface area contributed by atoms with E-state index >= 15 is 0 Å². The van der Waals surface area contributed by atoms with Gasteiger partial charge >= 0.3 is 5.97 Å². The quantitative estimate of drug-likeness (QED) is 0.568. The maximum absolute atomic E-state index is 12.4. The summed E-state index contributed by atoms with van der Waals surface area (Å²) in [5.41, 5.74) is 1.81. The molecule has 0 bridgehead atoms. The van der Waals surface area contributed by atoms with E-state index in [0.29, 0.717) is 30.0 Å². The molecule has 4 aliphatic rings. The summed E-state index contributed by atoms with van der Waals surface area (Å²) in [6, 6.07) is 0. The van der Waals surface area contributed by atoms with Crippen molar-refractivity contribution in [2.24, 2.45) is 34.5 Å². The van der Waals surface area contributed by atoms with Gasteiger partial charge in [0.2, 0.25) is 0 Å². The van der Waals surface area contributed by atoms with Gasteiger partial charge in [-0.2, -0.15) is 0 Å². The van der Waals surface area contributed by atoms with Crippen molar-refractivity contribution in [2.45, 2.75) is 98.0 Å². The normalized spacial score (nSPS) is 42.5. The zero-order valence-corrected chi connectivity index (χ0v) is 18.3. The predicted molar refractivity (Wildman–Crippen MR) is 111 cm³/mol. The topological polar surface area (TPSA) is 43.4 Å². The second kappa shape index (κ2) is 7.29. The van der Waals surface area contributed by atoms with E-state index in [1.807, 2.05) is 6.08 Å². The Morgan fingerprint density at radius 1 is 1.11 bits per heavy atom. The van der Waals surface area contributed by atoms with Crippen molar-refractivity contribution in [3.63, 3.8) is 0 Å². The lowest BCUT2D eigenvalue weighted by Gasteiger charge is -2.57. The molecule has 3 heteroatoms. The first-order chi connectivity index (χ1) is 13.2. The van der Waals surface area contributed by atoms with Gasteiger partial charge in [0.05, 0.1) is 0 Å². The molecule has 28 heavy (non-hydrogen) atoms. The summed E-state index contributed by atoms with van der Waals surface area (Å²) in [4.78, 5) is 24.4. The van der Waals surface area contributed by atoms with E-state index < -0.39 is 0 Å². The van der Waals surface area contributed by atoms with Crippen molar-refractivity contribution in [1.82, 2.24) is 0 Å². The van der Waals surface area contributed by atoms with Crippen LogP contribution in [0.15, 0.2) is 11.6 Å². The third-order valence-corrected chi connectivity index (χ3v) is 9.07. The molecule has 0 amide bonds. The third kappa shape index (κ3) is 3.27. The number of carbonyl (C=O) groups excluding carboxylic acids is 2. The van der Waals surface area contributed by atoms with Gasteiger partial charge in [0, 0.05) is 18.3 Å². The van der Waals surface area contributed by atoms with Crippen molar-refractivity contribution in [1.29, 1.82) is 0 Å². The fourth-order valence-corrected chi connectivity index (χ4v) is 7.33. The predicted octanol–water partition coefficient (Wildman–Crippen LogP) is 5.87. The Hall–Kier alpha value is -1.12. The second-order valence-electron chi connectivity index (χ2n) is 11.0. The SMILES string of the molecule is CC(C)CCC(=O)O[C@@H]1CC[C@H]2[C@@H]3CCC4=CC(=O)CC[C@]4(C)[C@@H]3CC[C@]12C. The largest absolute Gasteiger partial charge is 0.462 e. The highest BCUT2D eigenvalue weighted by Gasteiger charge is 2.59. The molecule has 0 radical (unpaired) electrons. The van der Waals surface area contributed by atoms with E-state index in [2.05, 4.69) is 27.7 Å². The van der Waals surface area contributed by atoms with Gasteiger partial charge in [0.1, 0.15) is 6.10 Å². The molecular weight excluding hydrogens is 348 g/mol. The van der Waals surface area contributed by atoms with E-state index in [9.17, 15) is 9.59 Å². The van der Waals surface area contributed by atoms with Crippen LogP contribution in [0.5, 0.6) is 0 Å². The third-order valence-electron chi connectivity index (χ3n) is 9.07. The summed E-state index contributed by atoms with van der Waals surface area (Å²) >= 11 is 0. The molecule has 3 saturated carbocycles. The molecule has 0 unspecified atom stereocenters. The van der Waals surface area contributed by atoms with Crippen molar-refractivity contribution < 1.29 is 14.3 Å². The molecule has 4 aliphatic carbocycles. The first-order valence-corrected chi connectivity index (χ1v) is 11.7. The second-order valence-corrected chi connectivity index (χ2v) is 11.0. The monoisotopic (exact) mass is 386 g/mol. The Morgan fingerprint density at radius 3 is 2.64 bits per heavy atom.